The highest BCUT2D eigenvalue weighted by molar-refractivity contribution is 6.31. The number of hydrogen-bond donors (Lipinski definition) is 1. The van der Waals surface area contributed by atoms with E-state index in [1.165, 1.54) is 4.90 Å². The van der Waals surface area contributed by atoms with Crippen LogP contribution < -0.4 is 5.32 Å². The van der Waals surface area contributed by atoms with E-state index in [9.17, 15) is 9.18 Å². The van der Waals surface area contributed by atoms with Crippen LogP contribution in [0.5, 0.6) is 0 Å². The summed E-state index contributed by atoms with van der Waals surface area (Å²) in [5.41, 5.74) is 3.24. The highest BCUT2D eigenvalue weighted by atomic mass is 35.5. The molecule has 0 radical (unpaired) electrons. The molecule has 0 bridgehead atoms. The number of alkyl halides is 1. The van der Waals surface area contributed by atoms with E-state index < -0.39 is 18.1 Å². The van der Waals surface area contributed by atoms with Gasteiger partial charge in [0.25, 0.3) is 5.91 Å². The molecule has 0 spiro atoms. The van der Waals surface area contributed by atoms with Crippen molar-refractivity contribution in [1.82, 2.24) is 9.88 Å². The van der Waals surface area contributed by atoms with E-state index in [0.717, 1.165) is 27.7 Å². The third kappa shape index (κ3) is 3.12. The minimum absolute atomic E-state index is 0.386. The number of fused-ring (bicyclic) bond motifs is 1. The molecule has 1 aliphatic heterocycles. The molecule has 0 saturated carbocycles. The predicted molar refractivity (Wildman–Crippen MR) is 106 cm³/mol. The van der Waals surface area contributed by atoms with Crippen molar-refractivity contribution in [3.05, 3.63) is 70.9 Å². The van der Waals surface area contributed by atoms with Crippen molar-refractivity contribution < 1.29 is 9.18 Å². The highest BCUT2D eigenvalue weighted by Crippen LogP contribution is 2.39. The summed E-state index contributed by atoms with van der Waals surface area (Å²) < 4.78 is 12.8. The lowest BCUT2D eigenvalue weighted by Gasteiger charge is -2.51. The number of aromatic nitrogens is 1. The van der Waals surface area contributed by atoms with E-state index in [1.807, 2.05) is 55.5 Å². The zero-order valence-electron chi connectivity index (χ0n) is 14.9. The molecule has 2 heterocycles. The van der Waals surface area contributed by atoms with Gasteiger partial charge in [-0.3, -0.25) is 9.78 Å². The third-order valence-electron chi connectivity index (χ3n) is 5.16. The van der Waals surface area contributed by atoms with Crippen molar-refractivity contribution in [1.29, 1.82) is 0 Å². The minimum atomic E-state index is -0.982. The fourth-order valence-electron chi connectivity index (χ4n) is 3.73. The molecule has 3 aromatic rings. The van der Waals surface area contributed by atoms with Crippen molar-refractivity contribution in [2.45, 2.75) is 12.5 Å². The first kappa shape index (κ1) is 17.7. The maximum absolute atomic E-state index is 12.8. The summed E-state index contributed by atoms with van der Waals surface area (Å²) in [6.45, 7) is 1.75. The van der Waals surface area contributed by atoms with Gasteiger partial charge in [0, 0.05) is 35.4 Å². The zero-order chi connectivity index (χ0) is 19.0. The van der Waals surface area contributed by atoms with E-state index in [-0.39, 0.29) is 0 Å². The van der Waals surface area contributed by atoms with Crippen molar-refractivity contribution in [2.75, 3.05) is 25.1 Å². The molecule has 2 aromatic carbocycles. The van der Waals surface area contributed by atoms with Crippen LogP contribution in [0.25, 0.3) is 10.9 Å². The second-order valence-corrected chi connectivity index (χ2v) is 7.32. The first-order chi connectivity index (χ1) is 13.0. The lowest BCUT2D eigenvalue weighted by Crippen LogP contribution is -2.65. The van der Waals surface area contributed by atoms with Crippen LogP contribution >= 0.6 is 11.6 Å². The molecule has 138 valence electrons. The molecule has 6 heteroatoms. The molecule has 1 saturated heterocycles. The topological polar surface area (TPSA) is 45.2 Å². The van der Waals surface area contributed by atoms with Gasteiger partial charge in [0.2, 0.25) is 0 Å². The number of nitrogens with one attached hydrogen (secondary N) is 1. The second kappa shape index (κ2) is 6.82. The standard InChI is InChI=1S/C21H19ClFN3O/c1-14-17(5-2-6-18(14)22)21(12-26(13-21)20(27)11-23)25-16-8-7-15-4-3-9-24-19(15)10-16/h2-10,25H,11-13H2,1H3. The van der Waals surface area contributed by atoms with E-state index in [0.29, 0.717) is 18.1 Å². The summed E-state index contributed by atoms with van der Waals surface area (Å²) in [7, 11) is 0. The quantitative estimate of drug-likeness (QED) is 0.730. The fourth-order valence-corrected chi connectivity index (χ4v) is 3.90. The number of benzene rings is 2. The molecule has 1 fully saturated rings. The Bertz CT molecular complexity index is 1020. The van der Waals surface area contributed by atoms with E-state index >= 15 is 0 Å². The van der Waals surface area contributed by atoms with Gasteiger partial charge in [-0.05, 0) is 42.3 Å². The number of likely N-dealkylation sites (tertiary alicyclic amines) is 1. The lowest BCUT2D eigenvalue weighted by molar-refractivity contribution is -0.139. The highest BCUT2D eigenvalue weighted by Gasteiger charge is 2.47. The van der Waals surface area contributed by atoms with Gasteiger partial charge in [0.05, 0.1) is 11.1 Å². The summed E-state index contributed by atoms with van der Waals surface area (Å²) in [5.74, 6) is -0.493. The van der Waals surface area contributed by atoms with Gasteiger partial charge in [0.1, 0.15) is 0 Å². The lowest BCUT2D eigenvalue weighted by atomic mass is 9.79. The Morgan fingerprint density at radius 2 is 2.07 bits per heavy atom. The van der Waals surface area contributed by atoms with Gasteiger partial charge in [-0.1, -0.05) is 35.9 Å². The summed E-state index contributed by atoms with van der Waals surface area (Å²) in [6.07, 6.45) is 1.76. The SMILES string of the molecule is Cc1c(Cl)cccc1C1(Nc2ccc3cccnc3c2)CN(C(=O)CF)C1. The van der Waals surface area contributed by atoms with Crippen LogP contribution in [0, 0.1) is 6.92 Å². The summed E-state index contributed by atoms with van der Waals surface area (Å²) in [6, 6.07) is 15.6. The van der Waals surface area contributed by atoms with E-state index in [1.54, 1.807) is 6.20 Å². The van der Waals surface area contributed by atoms with Crippen molar-refractivity contribution >= 4 is 34.1 Å². The fraction of sp³-hybridized carbons (Fsp3) is 0.238. The molecule has 27 heavy (non-hydrogen) atoms. The Kier molecular flexibility index (Phi) is 4.48. The maximum Gasteiger partial charge on any atom is 0.254 e. The molecular weight excluding hydrogens is 365 g/mol. The molecule has 1 amide bonds. The number of pyridine rings is 1. The van der Waals surface area contributed by atoms with Gasteiger partial charge < -0.3 is 10.2 Å². The van der Waals surface area contributed by atoms with Crippen LogP contribution in [0.4, 0.5) is 10.1 Å². The predicted octanol–water partition coefficient (Wildman–Crippen LogP) is 4.32. The molecule has 0 atom stereocenters. The molecule has 1 aliphatic rings. The molecular formula is C21H19ClFN3O. The largest absolute Gasteiger partial charge is 0.372 e. The Morgan fingerprint density at radius 1 is 1.26 bits per heavy atom. The number of carbonyl (C=O) groups is 1. The summed E-state index contributed by atoms with van der Waals surface area (Å²) in [5, 5.41) is 5.29. The Labute approximate surface area is 162 Å². The molecule has 0 aliphatic carbocycles. The van der Waals surface area contributed by atoms with Crippen molar-refractivity contribution in [3.8, 4) is 0 Å². The summed E-state index contributed by atoms with van der Waals surface area (Å²) >= 11 is 6.33. The average Bonchev–Trinajstić information content (AvgIpc) is 2.66. The van der Waals surface area contributed by atoms with Crippen LogP contribution in [-0.2, 0) is 10.3 Å². The second-order valence-electron chi connectivity index (χ2n) is 6.91. The molecule has 0 unspecified atom stereocenters. The average molecular weight is 384 g/mol. The number of nitrogens with zero attached hydrogens (tertiary/aromatic N) is 2. The van der Waals surface area contributed by atoms with Crippen LogP contribution in [0.15, 0.2) is 54.7 Å². The normalized spacial score (nSPS) is 15.4. The Balaban J connectivity index is 1.72. The van der Waals surface area contributed by atoms with Gasteiger partial charge in [-0.2, -0.15) is 0 Å². The van der Waals surface area contributed by atoms with Crippen LogP contribution in [0.1, 0.15) is 11.1 Å². The monoisotopic (exact) mass is 383 g/mol. The van der Waals surface area contributed by atoms with Crippen LogP contribution in [-0.4, -0.2) is 35.6 Å². The number of hydrogen-bond acceptors (Lipinski definition) is 3. The van der Waals surface area contributed by atoms with E-state index in [2.05, 4.69) is 10.3 Å². The van der Waals surface area contributed by atoms with Gasteiger partial charge >= 0.3 is 0 Å². The van der Waals surface area contributed by atoms with Gasteiger partial charge in [-0.25, -0.2) is 4.39 Å². The zero-order valence-corrected chi connectivity index (χ0v) is 15.6. The smallest absolute Gasteiger partial charge is 0.254 e. The van der Waals surface area contributed by atoms with Crippen LogP contribution in [0.3, 0.4) is 0 Å². The first-order valence-electron chi connectivity index (χ1n) is 8.75. The van der Waals surface area contributed by atoms with Gasteiger partial charge in [0.15, 0.2) is 6.67 Å². The summed E-state index contributed by atoms with van der Waals surface area (Å²) in [4.78, 5) is 17.7. The molecule has 1 N–H and O–H groups in total. The number of halogens is 2. The Morgan fingerprint density at radius 3 is 2.85 bits per heavy atom. The first-order valence-corrected chi connectivity index (χ1v) is 9.12. The molecule has 1 aromatic heterocycles. The number of carbonyl (C=O) groups excluding carboxylic acids is 1. The number of amides is 1. The number of rotatable bonds is 4. The maximum atomic E-state index is 12.8. The van der Waals surface area contributed by atoms with Crippen molar-refractivity contribution in [3.63, 3.8) is 0 Å². The molecule has 4 nitrogen and oxygen atoms in total. The molecule has 4 rings (SSSR count). The van der Waals surface area contributed by atoms with Crippen LogP contribution in [0.2, 0.25) is 5.02 Å². The van der Waals surface area contributed by atoms with Gasteiger partial charge in [-0.15, -0.1) is 0 Å². The third-order valence-corrected chi connectivity index (χ3v) is 5.57. The minimum Gasteiger partial charge on any atom is -0.372 e. The van der Waals surface area contributed by atoms with Crippen molar-refractivity contribution in [2.24, 2.45) is 0 Å². The Hall–Kier alpha value is -2.66. The number of anilines is 1. The van der Waals surface area contributed by atoms with E-state index in [4.69, 9.17) is 11.6 Å².